The van der Waals surface area contributed by atoms with Crippen molar-refractivity contribution in [3.05, 3.63) is 75.6 Å². The summed E-state index contributed by atoms with van der Waals surface area (Å²) in [4.78, 5) is 27.4. The Balaban J connectivity index is 1.62. The molecule has 0 aliphatic rings. The number of H-pyrrole nitrogens is 1. The molecule has 4 rings (SSSR count). The number of aromatic amines is 1. The van der Waals surface area contributed by atoms with E-state index in [1.54, 1.807) is 0 Å². The highest BCUT2D eigenvalue weighted by atomic mass is 32.2. The number of fused-ring (bicyclic) bond motifs is 1. The summed E-state index contributed by atoms with van der Waals surface area (Å²) in [7, 11) is 0. The molecule has 0 radical (unpaired) electrons. The van der Waals surface area contributed by atoms with Crippen molar-refractivity contribution in [1.82, 2.24) is 24.8 Å². The van der Waals surface area contributed by atoms with Gasteiger partial charge in [0.15, 0.2) is 11.5 Å². The molecule has 0 fully saturated rings. The Morgan fingerprint density at radius 3 is 2.32 bits per heavy atom. The number of carbonyl (C=O) groups is 1. The lowest BCUT2D eigenvalue weighted by Crippen LogP contribution is -2.15. The minimum Gasteiger partial charge on any atom is -0.293 e. The molecule has 0 aliphatic carbocycles. The van der Waals surface area contributed by atoms with Crippen molar-refractivity contribution in [2.45, 2.75) is 19.0 Å². The van der Waals surface area contributed by atoms with Crippen LogP contribution in [-0.4, -0.2) is 36.3 Å². The van der Waals surface area contributed by atoms with E-state index in [1.807, 2.05) is 62.4 Å². The minimum absolute atomic E-state index is 0.00932. The fraction of sp³-hybridized carbons (Fsp3) is 0.150. The van der Waals surface area contributed by atoms with Gasteiger partial charge in [-0.05, 0) is 13.8 Å². The molecule has 0 bridgehead atoms. The Morgan fingerprint density at radius 2 is 1.64 bits per heavy atom. The summed E-state index contributed by atoms with van der Waals surface area (Å²) >= 11 is 1.23. The second-order valence-corrected chi connectivity index (χ2v) is 7.41. The summed E-state index contributed by atoms with van der Waals surface area (Å²) in [5.74, 6) is 0.431. The third kappa shape index (κ3) is 3.59. The van der Waals surface area contributed by atoms with E-state index < -0.39 is 0 Å². The van der Waals surface area contributed by atoms with Gasteiger partial charge in [0.05, 0.1) is 5.75 Å². The number of aromatic nitrogens is 5. The van der Waals surface area contributed by atoms with Gasteiger partial charge in [-0.15, -0.1) is 10.2 Å². The predicted octanol–water partition coefficient (Wildman–Crippen LogP) is 3.07. The summed E-state index contributed by atoms with van der Waals surface area (Å²) in [6.45, 7) is 3.95. The number of aryl methyl sites for hydroxylation is 2. The normalized spacial score (nSPS) is 11.1. The first-order valence-electron chi connectivity index (χ1n) is 8.67. The quantitative estimate of drug-likeness (QED) is 0.415. The lowest BCUT2D eigenvalue weighted by Gasteiger charge is -2.03. The van der Waals surface area contributed by atoms with Gasteiger partial charge in [0.2, 0.25) is 5.16 Å². The molecule has 0 atom stereocenters. The highest BCUT2D eigenvalue weighted by molar-refractivity contribution is 7.99. The van der Waals surface area contributed by atoms with Crippen LogP contribution in [0.5, 0.6) is 0 Å². The molecule has 140 valence electrons. The molecule has 2 aromatic heterocycles. The van der Waals surface area contributed by atoms with E-state index in [4.69, 9.17) is 0 Å². The number of rotatable bonds is 5. The fourth-order valence-electron chi connectivity index (χ4n) is 2.68. The van der Waals surface area contributed by atoms with Gasteiger partial charge in [-0.25, -0.2) is 0 Å². The third-order valence-corrected chi connectivity index (χ3v) is 5.20. The standard InChI is InChI=1S/C20H17N5O2S/c1-12-3-7-14(8-4-12)16(26)11-28-20-23-22-19-21-18(27)17(24-25(19)20)15-9-5-13(2)6-10-15/h3-10H,11H2,1-2H3,(H,21,22,27). The van der Waals surface area contributed by atoms with Crippen molar-refractivity contribution < 1.29 is 4.79 Å². The number of carbonyl (C=O) groups excluding carboxylic acids is 1. The molecule has 0 aliphatic heterocycles. The van der Waals surface area contributed by atoms with E-state index in [-0.39, 0.29) is 28.6 Å². The molecule has 0 unspecified atom stereocenters. The molecule has 0 spiro atoms. The summed E-state index contributed by atoms with van der Waals surface area (Å²) < 4.78 is 1.46. The van der Waals surface area contributed by atoms with E-state index in [1.165, 1.54) is 16.3 Å². The van der Waals surface area contributed by atoms with E-state index in [2.05, 4.69) is 20.3 Å². The van der Waals surface area contributed by atoms with E-state index in [9.17, 15) is 9.59 Å². The molecule has 7 nitrogen and oxygen atoms in total. The van der Waals surface area contributed by atoms with Crippen molar-refractivity contribution in [3.8, 4) is 11.3 Å². The van der Waals surface area contributed by atoms with Crippen LogP contribution >= 0.6 is 11.8 Å². The first-order chi connectivity index (χ1) is 13.5. The Bertz CT molecular complexity index is 1210. The maximum absolute atomic E-state index is 12.4. The molecular formula is C20H17N5O2S. The zero-order valence-electron chi connectivity index (χ0n) is 15.3. The number of ketones is 1. The third-order valence-electron chi connectivity index (χ3n) is 4.28. The largest absolute Gasteiger partial charge is 0.293 e. The van der Waals surface area contributed by atoms with Crippen molar-refractivity contribution in [1.29, 1.82) is 0 Å². The number of benzene rings is 2. The molecule has 1 N–H and O–H groups in total. The average molecular weight is 391 g/mol. The Morgan fingerprint density at radius 1 is 1.00 bits per heavy atom. The topological polar surface area (TPSA) is 93.0 Å². The number of nitrogens with one attached hydrogen (secondary N) is 1. The zero-order valence-corrected chi connectivity index (χ0v) is 16.2. The molecule has 28 heavy (non-hydrogen) atoms. The summed E-state index contributed by atoms with van der Waals surface area (Å²) in [6, 6.07) is 15.0. The maximum atomic E-state index is 12.4. The van der Waals surface area contributed by atoms with Crippen LogP contribution in [0, 0.1) is 13.8 Å². The lowest BCUT2D eigenvalue weighted by molar-refractivity contribution is 0.102. The van der Waals surface area contributed by atoms with Gasteiger partial charge in [0, 0.05) is 11.1 Å². The second kappa shape index (κ2) is 7.40. The molecule has 8 heteroatoms. The number of Topliss-reactive ketones (excluding diaryl/α,β-unsaturated/α-hetero) is 1. The van der Waals surface area contributed by atoms with Crippen LogP contribution in [0.2, 0.25) is 0 Å². The van der Waals surface area contributed by atoms with Gasteiger partial charge < -0.3 is 0 Å². The highest BCUT2D eigenvalue weighted by Crippen LogP contribution is 2.19. The van der Waals surface area contributed by atoms with Crippen LogP contribution in [0.25, 0.3) is 17.0 Å². The smallest absolute Gasteiger partial charge is 0.279 e. The van der Waals surface area contributed by atoms with Gasteiger partial charge in [0.1, 0.15) is 0 Å². The average Bonchev–Trinajstić information content (AvgIpc) is 3.08. The Labute approximate surface area is 164 Å². The predicted molar refractivity (Wildman–Crippen MR) is 108 cm³/mol. The SMILES string of the molecule is Cc1ccc(C(=O)CSc2nnc3[nH]c(=O)c(-c4ccc(C)cc4)nn23)cc1. The van der Waals surface area contributed by atoms with Crippen LogP contribution in [-0.2, 0) is 0 Å². The Hall–Kier alpha value is -3.26. The highest BCUT2D eigenvalue weighted by Gasteiger charge is 2.15. The maximum Gasteiger partial charge on any atom is 0.279 e. The molecular weight excluding hydrogens is 374 g/mol. The van der Waals surface area contributed by atoms with Gasteiger partial charge in [-0.2, -0.15) is 9.61 Å². The molecule has 4 aromatic rings. The second-order valence-electron chi connectivity index (χ2n) is 6.46. The van der Waals surface area contributed by atoms with Crippen LogP contribution in [0.1, 0.15) is 21.5 Å². The monoisotopic (exact) mass is 391 g/mol. The molecule has 0 saturated heterocycles. The van der Waals surface area contributed by atoms with Crippen LogP contribution in [0.3, 0.4) is 0 Å². The molecule has 2 heterocycles. The van der Waals surface area contributed by atoms with Crippen molar-refractivity contribution in [3.63, 3.8) is 0 Å². The van der Waals surface area contributed by atoms with Crippen molar-refractivity contribution in [2.75, 3.05) is 5.75 Å². The first-order valence-corrected chi connectivity index (χ1v) is 9.65. The molecule has 0 amide bonds. The van der Waals surface area contributed by atoms with E-state index in [0.717, 1.165) is 11.1 Å². The summed E-state index contributed by atoms with van der Waals surface area (Å²) in [5.41, 5.74) is 3.48. The number of thioether (sulfide) groups is 1. The van der Waals surface area contributed by atoms with Gasteiger partial charge in [-0.3, -0.25) is 14.6 Å². The van der Waals surface area contributed by atoms with E-state index >= 15 is 0 Å². The number of hydrogen-bond donors (Lipinski definition) is 1. The van der Waals surface area contributed by atoms with Crippen LogP contribution in [0.4, 0.5) is 0 Å². The lowest BCUT2D eigenvalue weighted by atomic mass is 10.1. The van der Waals surface area contributed by atoms with Crippen molar-refractivity contribution >= 4 is 23.3 Å². The fourth-order valence-corrected chi connectivity index (χ4v) is 3.46. The Kier molecular flexibility index (Phi) is 4.79. The van der Waals surface area contributed by atoms with E-state index in [0.29, 0.717) is 16.3 Å². The number of hydrogen-bond acceptors (Lipinski definition) is 6. The molecule has 0 saturated carbocycles. The zero-order chi connectivity index (χ0) is 19.7. The number of nitrogens with zero attached hydrogens (tertiary/aromatic N) is 4. The van der Waals surface area contributed by atoms with Gasteiger partial charge in [-0.1, -0.05) is 71.4 Å². The van der Waals surface area contributed by atoms with Crippen molar-refractivity contribution in [2.24, 2.45) is 0 Å². The van der Waals surface area contributed by atoms with Gasteiger partial charge >= 0.3 is 0 Å². The van der Waals surface area contributed by atoms with Gasteiger partial charge in [0.25, 0.3) is 11.3 Å². The summed E-state index contributed by atoms with van der Waals surface area (Å²) in [5, 5.41) is 12.9. The molecule has 2 aromatic carbocycles. The first kappa shape index (κ1) is 18.1. The van der Waals surface area contributed by atoms with Crippen LogP contribution in [0.15, 0.2) is 58.5 Å². The summed E-state index contributed by atoms with van der Waals surface area (Å²) in [6.07, 6.45) is 0. The minimum atomic E-state index is -0.337. The van der Waals surface area contributed by atoms with Crippen LogP contribution < -0.4 is 5.56 Å².